The molecule has 0 bridgehead atoms. The number of ether oxygens (including phenoxy) is 1. The van der Waals surface area contributed by atoms with Gasteiger partial charge in [-0.15, -0.1) is 0 Å². The van der Waals surface area contributed by atoms with Crippen LogP contribution in [0.15, 0.2) is 102 Å². The Labute approximate surface area is 198 Å². The summed E-state index contributed by atoms with van der Waals surface area (Å²) < 4.78 is 29.2. The van der Waals surface area contributed by atoms with Crippen LogP contribution in [0.1, 0.15) is 0 Å². The largest absolute Gasteiger partial charge is 0.497 e. The SMILES string of the molecule is COc1ccc2nc(-c3ccc(-c4ccccc4)cc3)c(-c3ccc(S(C)(=O)=O)cc3)nc2c1. The van der Waals surface area contributed by atoms with Crippen molar-refractivity contribution in [2.24, 2.45) is 0 Å². The lowest BCUT2D eigenvalue weighted by molar-refractivity contribution is 0.415. The van der Waals surface area contributed by atoms with Gasteiger partial charge < -0.3 is 4.74 Å². The van der Waals surface area contributed by atoms with E-state index in [0.29, 0.717) is 17.0 Å². The summed E-state index contributed by atoms with van der Waals surface area (Å²) in [7, 11) is -1.68. The van der Waals surface area contributed by atoms with Crippen LogP contribution in [0.4, 0.5) is 0 Å². The highest BCUT2D eigenvalue weighted by Crippen LogP contribution is 2.33. The molecule has 0 aliphatic carbocycles. The molecule has 5 aromatic rings. The number of hydrogen-bond donors (Lipinski definition) is 0. The Morgan fingerprint density at radius 3 is 1.74 bits per heavy atom. The molecule has 0 atom stereocenters. The van der Waals surface area contributed by atoms with Crippen molar-refractivity contribution in [3.63, 3.8) is 0 Å². The van der Waals surface area contributed by atoms with Gasteiger partial charge in [0.15, 0.2) is 9.84 Å². The van der Waals surface area contributed by atoms with Gasteiger partial charge in [0.05, 0.1) is 34.4 Å². The van der Waals surface area contributed by atoms with Crippen LogP contribution in [0.2, 0.25) is 0 Å². The molecular formula is C28H22N2O3S. The lowest BCUT2D eigenvalue weighted by atomic mass is 10.00. The van der Waals surface area contributed by atoms with E-state index in [2.05, 4.69) is 24.3 Å². The minimum Gasteiger partial charge on any atom is -0.497 e. The molecule has 1 heterocycles. The summed E-state index contributed by atoms with van der Waals surface area (Å²) in [5.74, 6) is 0.695. The first-order valence-electron chi connectivity index (χ1n) is 10.7. The van der Waals surface area contributed by atoms with Crippen molar-refractivity contribution < 1.29 is 13.2 Å². The second kappa shape index (κ2) is 8.72. The van der Waals surface area contributed by atoms with Crippen LogP contribution in [-0.2, 0) is 9.84 Å². The molecule has 0 saturated heterocycles. The van der Waals surface area contributed by atoms with E-state index in [9.17, 15) is 8.42 Å². The molecule has 0 radical (unpaired) electrons. The van der Waals surface area contributed by atoms with Gasteiger partial charge in [-0.05, 0) is 35.4 Å². The third-order valence-corrected chi connectivity index (χ3v) is 6.82. The molecule has 1 aromatic heterocycles. The molecule has 0 saturated carbocycles. The van der Waals surface area contributed by atoms with Crippen LogP contribution in [0.25, 0.3) is 44.7 Å². The predicted molar refractivity (Wildman–Crippen MR) is 136 cm³/mol. The molecule has 5 nitrogen and oxygen atoms in total. The van der Waals surface area contributed by atoms with Crippen LogP contribution < -0.4 is 4.74 Å². The summed E-state index contributed by atoms with van der Waals surface area (Å²) in [5.41, 5.74) is 6.81. The Hall–Kier alpha value is -4.03. The van der Waals surface area contributed by atoms with Gasteiger partial charge in [0, 0.05) is 23.4 Å². The van der Waals surface area contributed by atoms with Crippen molar-refractivity contribution in [3.8, 4) is 39.4 Å². The van der Waals surface area contributed by atoms with Crippen molar-refractivity contribution >= 4 is 20.9 Å². The minimum absolute atomic E-state index is 0.264. The maximum Gasteiger partial charge on any atom is 0.175 e. The van der Waals surface area contributed by atoms with Crippen molar-refractivity contribution in [2.45, 2.75) is 4.90 Å². The van der Waals surface area contributed by atoms with Crippen LogP contribution in [0, 0.1) is 0 Å². The summed E-state index contributed by atoms with van der Waals surface area (Å²) in [4.78, 5) is 10.1. The molecule has 4 aromatic carbocycles. The first kappa shape index (κ1) is 21.8. The number of nitrogens with zero attached hydrogens (tertiary/aromatic N) is 2. The zero-order valence-electron chi connectivity index (χ0n) is 18.8. The monoisotopic (exact) mass is 466 g/mol. The number of sulfone groups is 1. The van der Waals surface area contributed by atoms with Gasteiger partial charge in [-0.1, -0.05) is 66.7 Å². The molecule has 0 unspecified atom stereocenters. The van der Waals surface area contributed by atoms with Crippen LogP contribution in [0.3, 0.4) is 0 Å². The zero-order chi connectivity index (χ0) is 23.7. The molecule has 0 spiro atoms. The van der Waals surface area contributed by atoms with Crippen LogP contribution in [0.5, 0.6) is 5.75 Å². The van der Waals surface area contributed by atoms with E-state index < -0.39 is 9.84 Å². The quantitative estimate of drug-likeness (QED) is 0.316. The van der Waals surface area contributed by atoms with Crippen molar-refractivity contribution in [3.05, 3.63) is 97.1 Å². The Kier molecular flexibility index (Phi) is 5.59. The maximum absolute atomic E-state index is 11.9. The molecule has 0 aliphatic heterocycles. The minimum atomic E-state index is -3.29. The first-order valence-corrected chi connectivity index (χ1v) is 12.6. The zero-order valence-corrected chi connectivity index (χ0v) is 19.6. The van der Waals surface area contributed by atoms with E-state index >= 15 is 0 Å². The van der Waals surface area contributed by atoms with Crippen LogP contribution >= 0.6 is 0 Å². The second-order valence-electron chi connectivity index (χ2n) is 8.02. The van der Waals surface area contributed by atoms with E-state index in [4.69, 9.17) is 14.7 Å². The van der Waals surface area contributed by atoms with Gasteiger partial charge in [-0.25, -0.2) is 18.4 Å². The maximum atomic E-state index is 11.9. The molecule has 0 fully saturated rings. The highest BCUT2D eigenvalue weighted by molar-refractivity contribution is 7.90. The predicted octanol–water partition coefficient (Wildman–Crippen LogP) is 6.04. The standard InChI is InChI=1S/C28H22N2O3S/c1-33-23-14-17-25-26(18-23)30-28(22-12-15-24(16-13-22)34(2,31)32)27(29-25)21-10-8-20(9-11-21)19-6-4-3-5-7-19/h3-18H,1-2H3. The van der Waals surface area contributed by atoms with E-state index in [1.54, 1.807) is 31.4 Å². The second-order valence-corrected chi connectivity index (χ2v) is 10.0. The van der Waals surface area contributed by atoms with Crippen molar-refractivity contribution in [2.75, 3.05) is 13.4 Å². The summed E-state index contributed by atoms with van der Waals surface area (Å²) >= 11 is 0. The average molecular weight is 467 g/mol. The average Bonchev–Trinajstić information content (AvgIpc) is 2.88. The normalized spacial score (nSPS) is 11.5. The Balaban J connectivity index is 1.67. The molecular weight excluding hydrogens is 444 g/mol. The van der Waals surface area contributed by atoms with E-state index in [1.807, 2.05) is 48.5 Å². The Morgan fingerprint density at radius 1 is 0.618 bits per heavy atom. The van der Waals surface area contributed by atoms with E-state index in [0.717, 1.165) is 33.5 Å². The molecule has 0 aliphatic rings. The molecule has 0 amide bonds. The number of aromatic nitrogens is 2. The fourth-order valence-corrected chi connectivity index (χ4v) is 4.51. The number of fused-ring (bicyclic) bond motifs is 1. The van der Waals surface area contributed by atoms with Gasteiger partial charge in [-0.2, -0.15) is 0 Å². The van der Waals surface area contributed by atoms with Gasteiger partial charge in [0.25, 0.3) is 0 Å². The Bertz CT molecular complexity index is 1580. The molecule has 5 rings (SSSR count). The number of methoxy groups -OCH3 is 1. The molecule has 6 heteroatoms. The third-order valence-electron chi connectivity index (χ3n) is 5.69. The summed E-state index contributed by atoms with van der Waals surface area (Å²) in [6.07, 6.45) is 1.20. The Morgan fingerprint density at radius 2 is 1.15 bits per heavy atom. The van der Waals surface area contributed by atoms with E-state index in [1.165, 1.54) is 6.26 Å². The summed E-state index contributed by atoms with van der Waals surface area (Å²) in [5, 5.41) is 0. The number of benzene rings is 4. The summed E-state index contributed by atoms with van der Waals surface area (Å²) in [6, 6.07) is 30.7. The molecule has 34 heavy (non-hydrogen) atoms. The van der Waals surface area contributed by atoms with E-state index in [-0.39, 0.29) is 4.90 Å². The summed E-state index contributed by atoms with van der Waals surface area (Å²) in [6.45, 7) is 0. The van der Waals surface area contributed by atoms with Crippen molar-refractivity contribution in [1.82, 2.24) is 9.97 Å². The first-order chi connectivity index (χ1) is 16.4. The van der Waals surface area contributed by atoms with Gasteiger partial charge in [-0.3, -0.25) is 0 Å². The topological polar surface area (TPSA) is 69.2 Å². The molecule has 0 N–H and O–H groups in total. The number of hydrogen-bond acceptors (Lipinski definition) is 5. The molecule has 168 valence electrons. The lowest BCUT2D eigenvalue weighted by Crippen LogP contribution is -1.98. The highest BCUT2D eigenvalue weighted by atomic mass is 32.2. The van der Waals surface area contributed by atoms with Gasteiger partial charge in [0.1, 0.15) is 5.75 Å². The number of rotatable bonds is 5. The third kappa shape index (κ3) is 4.28. The van der Waals surface area contributed by atoms with Gasteiger partial charge >= 0.3 is 0 Å². The highest BCUT2D eigenvalue weighted by Gasteiger charge is 2.15. The lowest BCUT2D eigenvalue weighted by Gasteiger charge is -2.12. The van der Waals surface area contributed by atoms with Crippen LogP contribution in [-0.4, -0.2) is 31.8 Å². The fourth-order valence-electron chi connectivity index (χ4n) is 3.87. The van der Waals surface area contributed by atoms with Crippen molar-refractivity contribution in [1.29, 1.82) is 0 Å². The fraction of sp³-hybridized carbons (Fsp3) is 0.0714. The smallest absolute Gasteiger partial charge is 0.175 e. The van der Waals surface area contributed by atoms with Gasteiger partial charge in [0.2, 0.25) is 0 Å².